The minimum Gasteiger partial charge on any atom is -0.343 e. The monoisotopic (exact) mass is 662 g/mol. The van der Waals surface area contributed by atoms with Crippen LogP contribution in [-0.4, -0.2) is 20.4 Å². The van der Waals surface area contributed by atoms with Gasteiger partial charge in [0, 0.05) is 63.5 Å². The normalized spacial score (nSPS) is 11.5. The van der Waals surface area contributed by atoms with Crippen LogP contribution in [0.1, 0.15) is 11.1 Å². The zero-order chi connectivity index (χ0) is 33.6. The number of hydrogen-bond donors (Lipinski definition) is 0. The van der Waals surface area contributed by atoms with Gasteiger partial charge in [-0.05, 0) is 77.8 Å². The number of hydrogen-bond acceptors (Lipinski definition) is 2. The van der Waals surface area contributed by atoms with Crippen LogP contribution in [0.3, 0.4) is 0 Å². The quantitative estimate of drug-likeness (QED) is 0.164. The van der Waals surface area contributed by atoms with E-state index in [1.54, 1.807) is 11.3 Å². The first-order chi connectivity index (χ1) is 24.7. The molecule has 50 heavy (non-hydrogen) atoms. The lowest BCUT2D eigenvalue weighted by Crippen LogP contribution is -1.97. The van der Waals surface area contributed by atoms with Crippen molar-refractivity contribution in [2.24, 2.45) is 12.0 Å². The van der Waals surface area contributed by atoms with Crippen LogP contribution in [0.2, 0.25) is 0 Å². The molecule has 0 bridgehead atoms. The van der Waals surface area contributed by atoms with Crippen LogP contribution in [0.5, 0.6) is 0 Å². The largest absolute Gasteiger partial charge is 0.343 e. The van der Waals surface area contributed by atoms with E-state index in [-0.39, 0.29) is 0 Å². The van der Waals surface area contributed by atoms with E-state index in [2.05, 4.69) is 196 Å². The predicted octanol–water partition coefficient (Wildman–Crippen LogP) is 12.0. The minimum absolute atomic E-state index is 0.846. The van der Waals surface area contributed by atoms with Gasteiger partial charge in [0.25, 0.3) is 0 Å². The third-order valence-electron chi connectivity index (χ3n) is 9.81. The van der Waals surface area contributed by atoms with Crippen molar-refractivity contribution in [3.63, 3.8) is 0 Å². The van der Waals surface area contributed by atoms with Crippen molar-refractivity contribution in [1.82, 2.24) is 13.7 Å². The Labute approximate surface area is 294 Å². The first-order valence-corrected chi connectivity index (χ1v) is 17.7. The topological polar surface area (TPSA) is 27.1 Å². The molecule has 4 heterocycles. The SMILES string of the molecule is C=Nc1sccc1Cc1cccc2c3ccccc3n(-c3ccccc3)c12.Cn1c2ccccc2c2ccc3c(ccn3-c3ccccc3)c21. The minimum atomic E-state index is 0.846. The number of benzene rings is 6. The summed E-state index contributed by atoms with van der Waals surface area (Å²) in [5.41, 5.74) is 11.2. The van der Waals surface area contributed by atoms with Gasteiger partial charge >= 0.3 is 0 Å². The lowest BCUT2D eigenvalue weighted by Gasteiger charge is -2.11. The Morgan fingerprint density at radius 1 is 0.520 bits per heavy atom. The Kier molecular flexibility index (Phi) is 7.41. The maximum absolute atomic E-state index is 4.19. The third kappa shape index (κ3) is 4.86. The maximum atomic E-state index is 4.19. The molecule has 0 amide bonds. The molecule has 4 aromatic heterocycles. The molecule has 0 aliphatic rings. The van der Waals surface area contributed by atoms with Gasteiger partial charge in [-0.15, -0.1) is 11.3 Å². The van der Waals surface area contributed by atoms with Crippen molar-refractivity contribution >= 4 is 77.6 Å². The summed E-state index contributed by atoms with van der Waals surface area (Å²) in [6, 6.07) is 53.8. The number of rotatable bonds is 5. The van der Waals surface area contributed by atoms with Crippen LogP contribution >= 0.6 is 11.3 Å². The van der Waals surface area contributed by atoms with Gasteiger partial charge in [0.2, 0.25) is 0 Å². The fourth-order valence-electron chi connectivity index (χ4n) is 7.59. The first-order valence-electron chi connectivity index (χ1n) is 16.8. The molecular formula is C45H34N4S. The molecular weight excluding hydrogens is 629 g/mol. The van der Waals surface area contributed by atoms with E-state index in [9.17, 15) is 0 Å². The number of thiophene rings is 1. The first kappa shape index (κ1) is 29.9. The van der Waals surface area contributed by atoms with Crippen LogP contribution < -0.4 is 0 Å². The molecule has 0 N–H and O–H groups in total. The molecule has 5 heteroatoms. The summed E-state index contributed by atoms with van der Waals surface area (Å²) in [5, 5.41) is 9.60. The van der Waals surface area contributed by atoms with Gasteiger partial charge in [0.15, 0.2) is 0 Å². The highest BCUT2D eigenvalue weighted by molar-refractivity contribution is 7.14. The van der Waals surface area contributed by atoms with E-state index in [4.69, 9.17) is 0 Å². The van der Waals surface area contributed by atoms with Crippen molar-refractivity contribution in [1.29, 1.82) is 0 Å². The van der Waals surface area contributed by atoms with Crippen molar-refractivity contribution in [3.8, 4) is 11.4 Å². The van der Waals surface area contributed by atoms with E-state index in [1.807, 2.05) is 0 Å². The van der Waals surface area contributed by atoms with E-state index in [0.29, 0.717) is 0 Å². The van der Waals surface area contributed by atoms with Crippen LogP contribution in [0.15, 0.2) is 168 Å². The van der Waals surface area contributed by atoms with Crippen molar-refractivity contribution in [2.45, 2.75) is 6.42 Å². The summed E-state index contributed by atoms with van der Waals surface area (Å²) in [6.45, 7) is 3.72. The molecule has 10 aromatic rings. The van der Waals surface area contributed by atoms with Gasteiger partial charge in [-0.1, -0.05) is 97.1 Å². The molecule has 10 rings (SSSR count). The van der Waals surface area contributed by atoms with Crippen molar-refractivity contribution in [3.05, 3.63) is 174 Å². The Morgan fingerprint density at radius 2 is 1.16 bits per heavy atom. The molecule has 6 aromatic carbocycles. The second-order valence-electron chi connectivity index (χ2n) is 12.6. The summed E-state index contributed by atoms with van der Waals surface area (Å²) >= 11 is 1.64. The summed E-state index contributed by atoms with van der Waals surface area (Å²) < 4.78 is 6.95. The Balaban J connectivity index is 0.000000136. The predicted molar refractivity (Wildman–Crippen MR) is 214 cm³/mol. The molecule has 0 aliphatic carbocycles. The number of nitrogens with zero attached hydrogens (tertiary/aromatic N) is 4. The summed E-state index contributed by atoms with van der Waals surface area (Å²) in [6.07, 6.45) is 3.01. The second-order valence-corrected chi connectivity index (χ2v) is 13.5. The molecule has 240 valence electrons. The molecule has 0 atom stereocenters. The van der Waals surface area contributed by atoms with Crippen LogP contribution in [0.25, 0.3) is 65.9 Å². The zero-order valence-corrected chi connectivity index (χ0v) is 28.5. The third-order valence-corrected chi connectivity index (χ3v) is 10.7. The van der Waals surface area contributed by atoms with Crippen LogP contribution in [-0.2, 0) is 13.5 Å². The van der Waals surface area contributed by atoms with E-state index >= 15 is 0 Å². The van der Waals surface area contributed by atoms with Gasteiger partial charge in [0.1, 0.15) is 5.00 Å². The smallest absolute Gasteiger partial charge is 0.118 e. The average Bonchev–Trinajstić information content (AvgIpc) is 3.96. The highest BCUT2D eigenvalue weighted by Crippen LogP contribution is 2.37. The molecule has 0 spiro atoms. The average molecular weight is 663 g/mol. The van der Waals surface area contributed by atoms with Gasteiger partial charge in [-0.2, -0.15) is 0 Å². The second kappa shape index (κ2) is 12.4. The van der Waals surface area contributed by atoms with Crippen molar-refractivity contribution < 1.29 is 0 Å². The molecule has 0 aliphatic heterocycles. The lowest BCUT2D eigenvalue weighted by molar-refractivity contribution is 1.02. The zero-order valence-electron chi connectivity index (χ0n) is 27.7. The fourth-order valence-corrected chi connectivity index (χ4v) is 8.32. The standard InChI is InChI=1S/C24H18N2S.C21H16N2/c1-25-24-18(14-15-27-24)16-17-8-7-12-21-20-11-5-6-13-22(20)26(23(17)21)19-9-3-2-4-10-19;1-22-19-10-6-5-9-16(19)17-11-12-20-18(21(17)22)13-14-23(20)15-7-3-2-4-8-15/h2-15H,1,16H2;2-14H,1H3. The molecule has 0 fully saturated rings. The maximum Gasteiger partial charge on any atom is 0.118 e. The Bertz CT molecular complexity index is 2810. The molecule has 4 nitrogen and oxygen atoms in total. The number of fused-ring (bicyclic) bond motifs is 8. The molecule has 0 saturated carbocycles. The van der Waals surface area contributed by atoms with E-state index < -0.39 is 0 Å². The molecule has 0 unspecified atom stereocenters. The fraction of sp³-hybridized carbons (Fsp3) is 0.0444. The highest BCUT2D eigenvalue weighted by Gasteiger charge is 2.17. The van der Waals surface area contributed by atoms with Gasteiger partial charge in [0.05, 0.1) is 22.1 Å². The Morgan fingerprint density at radius 3 is 1.92 bits per heavy atom. The summed E-state index contributed by atoms with van der Waals surface area (Å²) in [7, 11) is 2.16. The summed E-state index contributed by atoms with van der Waals surface area (Å²) in [4.78, 5) is 4.19. The highest BCUT2D eigenvalue weighted by atomic mass is 32.1. The summed E-state index contributed by atoms with van der Waals surface area (Å²) in [5.74, 6) is 0. The lowest BCUT2D eigenvalue weighted by atomic mass is 10.0. The molecule has 0 saturated heterocycles. The van der Waals surface area contributed by atoms with Crippen LogP contribution in [0, 0.1) is 0 Å². The molecule has 0 radical (unpaired) electrons. The van der Waals surface area contributed by atoms with Gasteiger partial charge in [-0.3, -0.25) is 4.99 Å². The van der Waals surface area contributed by atoms with Gasteiger partial charge < -0.3 is 13.7 Å². The van der Waals surface area contributed by atoms with E-state index in [0.717, 1.165) is 11.4 Å². The van der Waals surface area contributed by atoms with Crippen molar-refractivity contribution in [2.75, 3.05) is 0 Å². The van der Waals surface area contributed by atoms with Crippen LogP contribution in [0.4, 0.5) is 5.00 Å². The number of aromatic nitrogens is 3. The van der Waals surface area contributed by atoms with Gasteiger partial charge in [-0.25, -0.2) is 0 Å². The Hall–Kier alpha value is -6.17. The van der Waals surface area contributed by atoms with E-state index in [1.165, 1.54) is 77.0 Å². The number of aliphatic imine (C=N–C) groups is 1. The number of aryl methyl sites for hydroxylation is 1. The number of para-hydroxylation sites is 5.